The Bertz CT molecular complexity index is 319. The molecule has 1 heteroatoms. The van der Waals surface area contributed by atoms with Gasteiger partial charge >= 0.3 is 0 Å². The van der Waals surface area contributed by atoms with Gasteiger partial charge in [-0.1, -0.05) is 38.3 Å². The number of hydrogen-bond acceptors (Lipinski definition) is 1. The van der Waals surface area contributed by atoms with E-state index in [1.807, 2.05) is 6.07 Å². The Kier molecular flexibility index (Phi) is 3.30. The SMILES string of the molecule is CC[C@@H]1CCCC[C@H]1c1cccc(N)c1. The summed E-state index contributed by atoms with van der Waals surface area (Å²) in [4.78, 5) is 0. The van der Waals surface area contributed by atoms with E-state index >= 15 is 0 Å². The Balaban J connectivity index is 2.20. The molecule has 0 radical (unpaired) electrons. The fraction of sp³-hybridized carbons (Fsp3) is 0.571. The highest BCUT2D eigenvalue weighted by Gasteiger charge is 2.24. The molecule has 1 aromatic rings. The molecule has 2 atom stereocenters. The van der Waals surface area contributed by atoms with Crippen molar-refractivity contribution in [1.29, 1.82) is 0 Å². The van der Waals surface area contributed by atoms with Crippen molar-refractivity contribution in [2.45, 2.75) is 44.9 Å². The summed E-state index contributed by atoms with van der Waals surface area (Å²) in [6, 6.07) is 8.48. The lowest BCUT2D eigenvalue weighted by Gasteiger charge is -2.31. The first-order chi connectivity index (χ1) is 7.31. The number of nitrogen functional groups attached to an aromatic ring is 1. The van der Waals surface area contributed by atoms with Crippen molar-refractivity contribution in [3.8, 4) is 0 Å². The van der Waals surface area contributed by atoms with E-state index in [1.165, 1.54) is 37.7 Å². The summed E-state index contributed by atoms with van der Waals surface area (Å²) < 4.78 is 0. The van der Waals surface area contributed by atoms with E-state index in [2.05, 4.69) is 25.1 Å². The van der Waals surface area contributed by atoms with E-state index in [0.717, 1.165) is 17.5 Å². The van der Waals surface area contributed by atoms with Crippen molar-refractivity contribution in [2.75, 3.05) is 5.73 Å². The van der Waals surface area contributed by atoms with Crippen molar-refractivity contribution >= 4 is 5.69 Å². The summed E-state index contributed by atoms with van der Waals surface area (Å²) in [6.07, 6.45) is 6.85. The van der Waals surface area contributed by atoms with Gasteiger partial charge in [-0.2, -0.15) is 0 Å². The van der Waals surface area contributed by atoms with Crippen LogP contribution >= 0.6 is 0 Å². The smallest absolute Gasteiger partial charge is 0.0316 e. The number of benzene rings is 1. The van der Waals surface area contributed by atoms with Crippen molar-refractivity contribution in [3.05, 3.63) is 29.8 Å². The van der Waals surface area contributed by atoms with Crippen LogP contribution in [0.4, 0.5) is 5.69 Å². The molecule has 0 saturated heterocycles. The van der Waals surface area contributed by atoms with Gasteiger partial charge in [0.1, 0.15) is 0 Å². The van der Waals surface area contributed by atoms with Crippen LogP contribution in [0.3, 0.4) is 0 Å². The van der Waals surface area contributed by atoms with Gasteiger partial charge in [-0.3, -0.25) is 0 Å². The maximum Gasteiger partial charge on any atom is 0.0316 e. The second kappa shape index (κ2) is 4.69. The topological polar surface area (TPSA) is 26.0 Å². The largest absolute Gasteiger partial charge is 0.399 e. The van der Waals surface area contributed by atoms with Gasteiger partial charge in [0.2, 0.25) is 0 Å². The van der Waals surface area contributed by atoms with Crippen LogP contribution < -0.4 is 5.73 Å². The molecule has 0 aliphatic heterocycles. The molecule has 1 fully saturated rings. The van der Waals surface area contributed by atoms with E-state index < -0.39 is 0 Å². The van der Waals surface area contributed by atoms with E-state index in [4.69, 9.17) is 5.73 Å². The lowest BCUT2D eigenvalue weighted by Crippen LogP contribution is -2.17. The molecule has 1 aromatic carbocycles. The Morgan fingerprint density at radius 2 is 2.07 bits per heavy atom. The van der Waals surface area contributed by atoms with Gasteiger partial charge in [0.25, 0.3) is 0 Å². The molecule has 2 rings (SSSR count). The van der Waals surface area contributed by atoms with E-state index in [9.17, 15) is 0 Å². The van der Waals surface area contributed by atoms with Gasteiger partial charge in [0.15, 0.2) is 0 Å². The summed E-state index contributed by atoms with van der Waals surface area (Å²) in [5, 5.41) is 0. The monoisotopic (exact) mass is 203 g/mol. The van der Waals surface area contributed by atoms with Gasteiger partial charge in [-0.15, -0.1) is 0 Å². The second-order valence-electron chi connectivity index (χ2n) is 4.73. The van der Waals surface area contributed by atoms with Crippen LogP contribution in [-0.2, 0) is 0 Å². The molecular formula is C14H21N. The number of nitrogens with two attached hydrogens (primary N) is 1. The van der Waals surface area contributed by atoms with Gasteiger partial charge < -0.3 is 5.73 Å². The van der Waals surface area contributed by atoms with Gasteiger partial charge in [-0.25, -0.2) is 0 Å². The molecule has 0 aromatic heterocycles. The van der Waals surface area contributed by atoms with E-state index in [0.29, 0.717) is 0 Å². The summed E-state index contributed by atoms with van der Waals surface area (Å²) in [5.41, 5.74) is 8.22. The molecule has 0 unspecified atom stereocenters. The first kappa shape index (κ1) is 10.5. The third kappa shape index (κ3) is 2.34. The van der Waals surface area contributed by atoms with Crippen molar-refractivity contribution < 1.29 is 0 Å². The van der Waals surface area contributed by atoms with Crippen molar-refractivity contribution in [1.82, 2.24) is 0 Å². The van der Waals surface area contributed by atoms with Crippen molar-refractivity contribution in [3.63, 3.8) is 0 Å². The van der Waals surface area contributed by atoms with Crippen molar-refractivity contribution in [2.24, 2.45) is 5.92 Å². The van der Waals surface area contributed by atoms with E-state index in [1.54, 1.807) is 0 Å². The number of rotatable bonds is 2. The Morgan fingerprint density at radius 3 is 2.80 bits per heavy atom. The number of anilines is 1. The van der Waals surface area contributed by atoms with Crippen LogP contribution in [0.2, 0.25) is 0 Å². The minimum absolute atomic E-state index is 0.757. The van der Waals surface area contributed by atoms with Crippen LogP contribution in [0, 0.1) is 5.92 Å². The van der Waals surface area contributed by atoms with Crippen LogP contribution in [0.25, 0.3) is 0 Å². The highest BCUT2D eigenvalue weighted by molar-refractivity contribution is 5.42. The summed E-state index contributed by atoms with van der Waals surface area (Å²) in [7, 11) is 0. The summed E-state index contributed by atoms with van der Waals surface area (Å²) in [6.45, 7) is 2.31. The Hall–Kier alpha value is -0.980. The molecule has 15 heavy (non-hydrogen) atoms. The summed E-state index contributed by atoms with van der Waals surface area (Å²) >= 11 is 0. The molecule has 1 nitrogen and oxygen atoms in total. The predicted octanol–water partition coefficient (Wildman–Crippen LogP) is 3.95. The molecular weight excluding hydrogens is 182 g/mol. The maximum absolute atomic E-state index is 5.85. The first-order valence-electron chi connectivity index (χ1n) is 6.16. The number of hydrogen-bond donors (Lipinski definition) is 1. The zero-order valence-corrected chi connectivity index (χ0v) is 9.58. The fourth-order valence-corrected chi connectivity index (χ4v) is 2.92. The van der Waals surface area contributed by atoms with E-state index in [-0.39, 0.29) is 0 Å². The van der Waals surface area contributed by atoms with Gasteiger partial charge in [-0.05, 0) is 42.4 Å². The quantitative estimate of drug-likeness (QED) is 0.723. The zero-order chi connectivity index (χ0) is 10.7. The Labute approximate surface area is 92.7 Å². The minimum Gasteiger partial charge on any atom is -0.399 e. The van der Waals surface area contributed by atoms with Gasteiger partial charge in [0, 0.05) is 5.69 Å². The summed E-state index contributed by atoms with van der Waals surface area (Å²) in [5.74, 6) is 1.63. The zero-order valence-electron chi connectivity index (χ0n) is 9.58. The van der Waals surface area contributed by atoms with Crippen LogP contribution in [0.5, 0.6) is 0 Å². The van der Waals surface area contributed by atoms with Crippen LogP contribution in [0.15, 0.2) is 24.3 Å². The molecule has 1 aliphatic carbocycles. The molecule has 0 bridgehead atoms. The Morgan fingerprint density at radius 1 is 1.27 bits per heavy atom. The third-order valence-electron chi connectivity index (χ3n) is 3.77. The van der Waals surface area contributed by atoms with Crippen LogP contribution in [-0.4, -0.2) is 0 Å². The molecule has 1 aliphatic rings. The first-order valence-corrected chi connectivity index (χ1v) is 6.16. The average Bonchev–Trinajstić information content (AvgIpc) is 2.29. The maximum atomic E-state index is 5.85. The van der Waals surface area contributed by atoms with Gasteiger partial charge in [0.05, 0.1) is 0 Å². The fourth-order valence-electron chi connectivity index (χ4n) is 2.92. The lowest BCUT2D eigenvalue weighted by atomic mass is 9.74. The normalized spacial score (nSPS) is 26.5. The molecule has 82 valence electrons. The molecule has 0 heterocycles. The standard InChI is InChI=1S/C14H21N/c1-2-11-6-3-4-9-14(11)12-7-5-8-13(15)10-12/h5,7-8,10-11,14H,2-4,6,9,15H2,1H3/t11-,14-/m1/s1. The highest BCUT2D eigenvalue weighted by Crippen LogP contribution is 2.39. The second-order valence-corrected chi connectivity index (χ2v) is 4.73. The molecule has 2 N–H and O–H groups in total. The third-order valence-corrected chi connectivity index (χ3v) is 3.77. The molecule has 0 amide bonds. The molecule has 0 spiro atoms. The molecule has 1 saturated carbocycles. The van der Waals surface area contributed by atoms with Crippen LogP contribution in [0.1, 0.15) is 50.5 Å². The predicted molar refractivity (Wildman–Crippen MR) is 65.8 cm³/mol. The highest BCUT2D eigenvalue weighted by atomic mass is 14.5. The minimum atomic E-state index is 0.757. The average molecular weight is 203 g/mol. The lowest BCUT2D eigenvalue weighted by molar-refractivity contribution is 0.299.